The first-order valence-corrected chi connectivity index (χ1v) is 5.85. The maximum Gasteiger partial charge on any atom is 0.173 e. The van der Waals surface area contributed by atoms with E-state index < -0.39 is 0 Å². The maximum atomic E-state index is 8.92. The second kappa shape index (κ2) is 4.93. The molecule has 4 nitrogen and oxygen atoms in total. The Balaban J connectivity index is 2.35. The molecule has 0 atom stereocenters. The summed E-state index contributed by atoms with van der Waals surface area (Å²) in [6, 6.07) is 5.99. The third kappa shape index (κ3) is 2.80. The number of rotatable bonds is 2. The van der Waals surface area contributed by atoms with Crippen molar-refractivity contribution in [1.29, 1.82) is 5.26 Å². The first-order chi connectivity index (χ1) is 8.19. The lowest BCUT2D eigenvalue weighted by atomic mass is 10.3. The summed E-state index contributed by atoms with van der Waals surface area (Å²) in [5, 5.41) is 10.3. The van der Waals surface area contributed by atoms with Crippen molar-refractivity contribution in [3.05, 3.63) is 41.5 Å². The van der Waals surface area contributed by atoms with Gasteiger partial charge >= 0.3 is 0 Å². The van der Waals surface area contributed by atoms with Crippen LogP contribution in [0.2, 0.25) is 0 Å². The van der Waals surface area contributed by atoms with Gasteiger partial charge in [0, 0.05) is 18.1 Å². The SMILES string of the molecule is Cc1cc(C)nc(Sc2nccnc2C#N)c1. The molecule has 2 heterocycles. The van der Waals surface area contributed by atoms with Gasteiger partial charge in [0.05, 0.1) is 0 Å². The topological polar surface area (TPSA) is 62.5 Å². The van der Waals surface area contributed by atoms with Crippen LogP contribution >= 0.6 is 11.8 Å². The highest BCUT2D eigenvalue weighted by Crippen LogP contribution is 2.26. The summed E-state index contributed by atoms with van der Waals surface area (Å²) >= 11 is 1.36. The van der Waals surface area contributed by atoms with Gasteiger partial charge in [0.25, 0.3) is 0 Å². The van der Waals surface area contributed by atoms with E-state index in [0.29, 0.717) is 10.7 Å². The van der Waals surface area contributed by atoms with E-state index in [-0.39, 0.29) is 0 Å². The molecular formula is C12H10N4S. The van der Waals surface area contributed by atoms with Gasteiger partial charge in [0.1, 0.15) is 16.1 Å². The normalized spacial score (nSPS) is 9.94. The van der Waals surface area contributed by atoms with Crippen LogP contribution in [0.3, 0.4) is 0 Å². The molecule has 0 bridgehead atoms. The smallest absolute Gasteiger partial charge is 0.173 e. The van der Waals surface area contributed by atoms with Crippen molar-refractivity contribution in [2.75, 3.05) is 0 Å². The van der Waals surface area contributed by atoms with Crippen LogP contribution < -0.4 is 0 Å². The molecule has 84 valence electrons. The number of aromatic nitrogens is 3. The van der Waals surface area contributed by atoms with Gasteiger partial charge in [0.15, 0.2) is 5.69 Å². The summed E-state index contributed by atoms with van der Waals surface area (Å²) in [6.45, 7) is 3.96. The van der Waals surface area contributed by atoms with Crippen LogP contribution in [-0.4, -0.2) is 15.0 Å². The van der Waals surface area contributed by atoms with Crippen molar-refractivity contribution in [2.45, 2.75) is 23.9 Å². The van der Waals surface area contributed by atoms with Gasteiger partial charge in [-0.3, -0.25) is 0 Å². The molecule has 5 heteroatoms. The summed E-state index contributed by atoms with van der Waals surface area (Å²) in [5.41, 5.74) is 2.43. The lowest BCUT2D eigenvalue weighted by molar-refractivity contribution is 1.00. The van der Waals surface area contributed by atoms with Crippen molar-refractivity contribution in [2.24, 2.45) is 0 Å². The van der Waals surface area contributed by atoms with Crippen molar-refractivity contribution in [3.63, 3.8) is 0 Å². The number of aryl methyl sites for hydroxylation is 2. The van der Waals surface area contributed by atoms with E-state index >= 15 is 0 Å². The molecular weight excluding hydrogens is 232 g/mol. The molecule has 0 aliphatic carbocycles. The minimum absolute atomic E-state index is 0.332. The Morgan fingerprint density at radius 3 is 2.65 bits per heavy atom. The third-order valence-corrected chi connectivity index (χ3v) is 2.96. The van der Waals surface area contributed by atoms with Crippen LogP contribution in [-0.2, 0) is 0 Å². The van der Waals surface area contributed by atoms with Gasteiger partial charge in [-0.25, -0.2) is 15.0 Å². The fraction of sp³-hybridized carbons (Fsp3) is 0.167. The number of nitriles is 1. The van der Waals surface area contributed by atoms with E-state index in [1.165, 1.54) is 18.0 Å². The van der Waals surface area contributed by atoms with E-state index in [1.54, 1.807) is 6.20 Å². The molecule has 0 unspecified atom stereocenters. The molecule has 0 saturated carbocycles. The predicted octanol–water partition coefficient (Wildman–Crippen LogP) is 2.51. The lowest BCUT2D eigenvalue weighted by Crippen LogP contribution is -1.92. The molecule has 0 saturated heterocycles. The van der Waals surface area contributed by atoms with Crippen LogP contribution in [0.15, 0.2) is 34.6 Å². The zero-order valence-corrected chi connectivity index (χ0v) is 10.3. The van der Waals surface area contributed by atoms with E-state index in [1.807, 2.05) is 32.0 Å². The Labute approximate surface area is 104 Å². The fourth-order valence-corrected chi connectivity index (χ4v) is 2.37. The Kier molecular flexibility index (Phi) is 3.35. The summed E-state index contributed by atoms with van der Waals surface area (Å²) in [4.78, 5) is 12.5. The first kappa shape index (κ1) is 11.6. The Morgan fingerprint density at radius 1 is 1.18 bits per heavy atom. The van der Waals surface area contributed by atoms with E-state index in [2.05, 4.69) is 15.0 Å². The molecule has 0 radical (unpaired) electrons. The van der Waals surface area contributed by atoms with Gasteiger partial charge in [-0.05, 0) is 43.3 Å². The second-order valence-corrected chi connectivity index (χ2v) is 4.56. The van der Waals surface area contributed by atoms with Crippen molar-refractivity contribution in [3.8, 4) is 6.07 Å². The van der Waals surface area contributed by atoms with Crippen molar-refractivity contribution < 1.29 is 0 Å². The average Bonchev–Trinajstić information content (AvgIpc) is 2.28. The standard InChI is InChI=1S/C12H10N4S/c1-8-5-9(2)16-11(6-8)17-12-10(7-13)14-3-4-15-12/h3-6H,1-2H3. The highest BCUT2D eigenvalue weighted by Gasteiger charge is 2.07. The second-order valence-electron chi connectivity index (χ2n) is 3.55. The largest absolute Gasteiger partial charge is 0.246 e. The Hall–Kier alpha value is -1.93. The molecule has 2 aromatic rings. The molecule has 0 spiro atoms. The number of hydrogen-bond donors (Lipinski definition) is 0. The average molecular weight is 242 g/mol. The molecule has 0 aliphatic heterocycles. The van der Waals surface area contributed by atoms with Crippen LogP contribution in [0.1, 0.15) is 17.0 Å². The van der Waals surface area contributed by atoms with Crippen molar-refractivity contribution in [1.82, 2.24) is 15.0 Å². The minimum atomic E-state index is 0.332. The molecule has 0 aromatic carbocycles. The summed E-state index contributed by atoms with van der Waals surface area (Å²) in [5.74, 6) is 0. The van der Waals surface area contributed by atoms with Crippen LogP contribution in [0.5, 0.6) is 0 Å². The Bertz CT molecular complexity index is 569. The molecule has 0 fully saturated rings. The van der Waals surface area contributed by atoms with Crippen LogP contribution in [0, 0.1) is 25.2 Å². The molecule has 0 N–H and O–H groups in total. The van der Waals surface area contributed by atoms with Crippen molar-refractivity contribution >= 4 is 11.8 Å². The number of pyridine rings is 1. The minimum Gasteiger partial charge on any atom is -0.246 e. The zero-order valence-electron chi connectivity index (χ0n) is 9.51. The molecule has 2 aromatic heterocycles. The number of hydrogen-bond acceptors (Lipinski definition) is 5. The van der Waals surface area contributed by atoms with Crippen LogP contribution in [0.4, 0.5) is 0 Å². The monoisotopic (exact) mass is 242 g/mol. The quantitative estimate of drug-likeness (QED) is 0.809. The number of nitrogens with zero attached hydrogens (tertiary/aromatic N) is 4. The molecule has 0 amide bonds. The fourth-order valence-electron chi connectivity index (χ4n) is 1.43. The van der Waals surface area contributed by atoms with Gasteiger partial charge in [-0.15, -0.1) is 0 Å². The predicted molar refractivity (Wildman–Crippen MR) is 64.6 cm³/mol. The van der Waals surface area contributed by atoms with Gasteiger partial charge in [0.2, 0.25) is 0 Å². The summed E-state index contributed by atoms with van der Waals surface area (Å²) in [7, 11) is 0. The third-order valence-electron chi connectivity index (χ3n) is 2.05. The van der Waals surface area contributed by atoms with Gasteiger partial charge < -0.3 is 0 Å². The van der Waals surface area contributed by atoms with Gasteiger partial charge in [-0.1, -0.05) is 0 Å². The van der Waals surface area contributed by atoms with E-state index in [0.717, 1.165) is 16.3 Å². The maximum absolute atomic E-state index is 8.92. The highest BCUT2D eigenvalue weighted by molar-refractivity contribution is 7.99. The zero-order chi connectivity index (χ0) is 12.3. The van der Waals surface area contributed by atoms with E-state index in [4.69, 9.17) is 5.26 Å². The first-order valence-electron chi connectivity index (χ1n) is 5.03. The summed E-state index contributed by atoms with van der Waals surface area (Å²) in [6.07, 6.45) is 3.09. The Morgan fingerprint density at radius 2 is 1.94 bits per heavy atom. The molecule has 17 heavy (non-hydrogen) atoms. The summed E-state index contributed by atoms with van der Waals surface area (Å²) < 4.78 is 0. The molecule has 0 aliphatic rings. The van der Waals surface area contributed by atoms with Crippen LogP contribution in [0.25, 0.3) is 0 Å². The van der Waals surface area contributed by atoms with E-state index in [9.17, 15) is 0 Å². The van der Waals surface area contributed by atoms with Gasteiger partial charge in [-0.2, -0.15) is 5.26 Å². The lowest BCUT2D eigenvalue weighted by Gasteiger charge is -2.03. The highest BCUT2D eigenvalue weighted by atomic mass is 32.2. The molecule has 2 rings (SSSR count).